The summed E-state index contributed by atoms with van der Waals surface area (Å²) < 4.78 is 0. The number of nitrogens with one attached hydrogen (secondary N) is 2. The highest BCUT2D eigenvalue weighted by Gasteiger charge is 2.26. The summed E-state index contributed by atoms with van der Waals surface area (Å²) in [5.41, 5.74) is 0.0181. The van der Waals surface area contributed by atoms with Crippen LogP contribution in [0.25, 0.3) is 0 Å². The van der Waals surface area contributed by atoms with Crippen LogP contribution >= 0.6 is 12.2 Å². The predicted molar refractivity (Wildman–Crippen MR) is 92.3 cm³/mol. The van der Waals surface area contributed by atoms with Crippen molar-refractivity contribution in [1.82, 2.24) is 5.32 Å². The lowest BCUT2D eigenvalue weighted by molar-refractivity contribution is -0.385. The molecule has 1 aromatic carbocycles. The van der Waals surface area contributed by atoms with Gasteiger partial charge in [-0.25, -0.2) is 0 Å². The van der Waals surface area contributed by atoms with E-state index in [0.717, 1.165) is 6.42 Å². The van der Waals surface area contributed by atoms with E-state index in [1.54, 1.807) is 0 Å². The monoisotopic (exact) mass is 325 g/mol. The van der Waals surface area contributed by atoms with E-state index in [0.29, 0.717) is 10.8 Å². The molecule has 0 heterocycles. The molecule has 0 bridgehead atoms. The van der Waals surface area contributed by atoms with Crippen molar-refractivity contribution in [2.45, 2.75) is 46.6 Å². The fourth-order valence-corrected chi connectivity index (χ4v) is 2.98. The van der Waals surface area contributed by atoms with E-state index in [4.69, 9.17) is 12.2 Å². The number of phenols is 1. The van der Waals surface area contributed by atoms with Crippen LogP contribution < -0.4 is 10.6 Å². The molecule has 122 valence electrons. The van der Waals surface area contributed by atoms with Crippen LogP contribution in [0.4, 0.5) is 11.4 Å². The summed E-state index contributed by atoms with van der Waals surface area (Å²) in [5, 5.41) is 26.8. The van der Waals surface area contributed by atoms with Gasteiger partial charge in [-0.15, -0.1) is 0 Å². The zero-order valence-electron chi connectivity index (χ0n) is 13.6. The van der Waals surface area contributed by atoms with Gasteiger partial charge >= 0.3 is 5.69 Å². The van der Waals surface area contributed by atoms with Crippen LogP contribution in [-0.2, 0) is 0 Å². The van der Waals surface area contributed by atoms with Gasteiger partial charge in [0.2, 0.25) is 0 Å². The first-order valence-electron chi connectivity index (χ1n) is 6.96. The summed E-state index contributed by atoms with van der Waals surface area (Å²) in [6.45, 7) is 10.5. The second kappa shape index (κ2) is 6.48. The van der Waals surface area contributed by atoms with Gasteiger partial charge in [-0.05, 0) is 50.0 Å². The van der Waals surface area contributed by atoms with Crippen LogP contribution in [-0.4, -0.2) is 20.7 Å². The van der Waals surface area contributed by atoms with Gasteiger partial charge in [0, 0.05) is 17.3 Å². The van der Waals surface area contributed by atoms with E-state index in [9.17, 15) is 15.2 Å². The van der Waals surface area contributed by atoms with Crippen molar-refractivity contribution in [2.24, 2.45) is 5.41 Å². The van der Waals surface area contributed by atoms with Crippen LogP contribution in [0.3, 0.4) is 0 Å². The second-order valence-electron chi connectivity index (χ2n) is 7.16. The summed E-state index contributed by atoms with van der Waals surface area (Å²) in [5.74, 6) is -0.373. The summed E-state index contributed by atoms with van der Waals surface area (Å²) in [6.07, 6.45) is 0.900. The zero-order valence-corrected chi connectivity index (χ0v) is 14.4. The van der Waals surface area contributed by atoms with Crippen molar-refractivity contribution >= 4 is 28.7 Å². The molecule has 0 amide bonds. The van der Waals surface area contributed by atoms with Gasteiger partial charge in [0.1, 0.15) is 0 Å². The van der Waals surface area contributed by atoms with E-state index in [2.05, 4.69) is 31.4 Å². The maximum absolute atomic E-state index is 10.8. The third-order valence-electron chi connectivity index (χ3n) is 2.85. The Morgan fingerprint density at radius 3 is 2.41 bits per heavy atom. The molecule has 0 fully saturated rings. The average molecular weight is 325 g/mol. The Bertz CT molecular complexity index is 580. The molecule has 0 radical (unpaired) electrons. The lowest BCUT2D eigenvalue weighted by atomic mass is 9.82. The van der Waals surface area contributed by atoms with Crippen molar-refractivity contribution in [3.63, 3.8) is 0 Å². The Kier molecular flexibility index (Phi) is 5.35. The maximum Gasteiger partial charge on any atom is 0.312 e. The van der Waals surface area contributed by atoms with Gasteiger partial charge in [0.25, 0.3) is 0 Å². The van der Waals surface area contributed by atoms with Crippen molar-refractivity contribution in [3.05, 3.63) is 28.3 Å². The fraction of sp³-hybridized carbons (Fsp3) is 0.533. The molecule has 0 atom stereocenters. The van der Waals surface area contributed by atoms with Gasteiger partial charge < -0.3 is 15.7 Å². The van der Waals surface area contributed by atoms with E-state index in [1.165, 1.54) is 18.2 Å². The summed E-state index contributed by atoms with van der Waals surface area (Å²) >= 11 is 5.26. The molecule has 1 rings (SSSR count). The van der Waals surface area contributed by atoms with Gasteiger partial charge in [-0.3, -0.25) is 10.1 Å². The fourth-order valence-electron chi connectivity index (χ4n) is 2.59. The molecule has 0 aromatic heterocycles. The standard InChI is InChI=1S/C15H23N3O3S/c1-14(2,3)9-15(4,5)17-13(22)16-10-6-7-12(19)11(8-10)18(20)21/h6-8,19H,9H2,1-5H3,(H2,16,17,22). The molecule has 0 saturated heterocycles. The number of hydrogen-bond donors (Lipinski definition) is 3. The number of nitrogens with zero attached hydrogens (tertiary/aromatic N) is 1. The Hall–Kier alpha value is -1.89. The molecule has 22 heavy (non-hydrogen) atoms. The highest BCUT2D eigenvalue weighted by molar-refractivity contribution is 7.80. The minimum absolute atomic E-state index is 0.142. The number of rotatable bonds is 4. The number of nitro benzene ring substituents is 1. The number of phenolic OH excluding ortho intramolecular Hbond substituents is 1. The number of anilines is 1. The molecule has 0 aliphatic rings. The van der Waals surface area contributed by atoms with E-state index in [1.807, 2.05) is 13.8 Å². The number of hydrogen-bond acceptors (Lipinski definition) is 4. The average Bonchev–Trinajstić information content (AvgIpc) is 2.26. The molecule has 0 aliphatic heterocycles. The van der Waals surface area contributed by atoms with Gasteiger partial charge in [0.15, 0.2) is 10.9 Å². The Morgan fingerprint density at radius 1 is 1.32 bits per heavy atom. The van der Waals surface area contributed by atoms with Crippen LogP contribution in [0.15, 0.2) is 18.2 Å². The molecular formula is C15H23N3O3S. The predicted octanol–water partition coefficient (Wildman–Crippen LogP) is 3.80. The van der Waals surface area contributed by atoms with Crippen LogP contribution in [0.5, 0.6) is 5.75 Å². The topological polar surface area (TPSA) is 87.4 Å². The lowest BCUT2D eigenvalue weighted by Gasteiger charge is -2.34. The number of aromatic hydroxyl groups is 1. The minimum Gasteiger partial charge on any atom is -0.502 e. The highest BCUT2D eigenvalue weighted by atomic mass is 32.1. The summed E-state index contributed by atoms with van der Waals surface area (Å²) in [4.78, 5) is 10.2. The number of benzene rings is 1. The van der Waals surface area contributed by atoms with E-state index in [-0.39, 0.29) is 22.4 Å². The lowest BCUT2D eigenvalue weighted by Crippen LogP contribution is -2.47. The molecule has 1 aromatic rings. The second-order valence-corrected chi connectivity index (χ2v) is 7.57. The van der Waals surface area contributed by atoms with Crippen LogP contribution in [0.2, 0.25) is 0 Å². The van der Waals surface area contributed by atoms with E-state index < -0.39 is 4.92 Å². The molecule has 7 heteroatoms. The van der Waals surface area contributed by atoms with Gasteiger partial charge in [-0.1, -0.05) is 20.8 Å². The summed E-state index contributed by atoms with van der Waals surface area (Å²) in [6, 6.07) is 4.05. The van der Waals surface area contributed by atoms with Crippen molar-refractivity contribution < 1.29 is 10.0 Å². The van der Waals surface area contributed by atoms with Crippen molar-refractivity contribution in [3.8, 4) is 5.75 Å². The molecular weight excluding hydrogens is 302 g/mol. The van der Waals surface area contributed by atoms with Crippen LogP contribution in [0, 0.1) is 15.5 Å². The molecule has 6 nitrogen and oxygen atoms in total. The normalized spacial score (nSPS) is 11.9. The number of thiocarbonyl (C=S) groups is 1. The zero-order chi connectivity index (χ0) is 17.1. The van der Waals surface area contributed by atoms with Crippen molar-refractivity contribution in [2.75, 3.05) is 5.32 Å². The first-order chi connectivity index (χ1) is 9.89. The SMILES string of the molecule is CC(C)(C)CC(C)(C)NC(=S)Nc1ccc(O)c([N+](=O)[O-])c1. The molecule has 0 aliphatic carbocycles. The third kappa shape index (κ3) is 5.85. The van der Waals surface area contributed by atoms with Crippen LogP contribution in [0.1, 0.15) is 41.0 Å². The third-order valence-corrected chi connectivity index (χ3v) is 3.06. The quantitative estimate of drug-likeness (QED) is 0.338. The first kappa shape index (κ1) is 18.2. The first-order valence-corrected chi connectivity index (χ1v) is 7.37. The largest absolute Gasteiger partial charge is 0.502 e. The molecule has 0 spiro atoms. The highest BCUT2D eigenvalue weighted by Crippen LogP contribution is 2.29. The summed E-state index contributed by atoms with van der Waals surface area (Å²) in [7, 11) is 0. The van der Waals surface area contributed by atoms with E-state index >= 15 is 0 Å². The Labute approximate surface area is 136 Å². The smallest absolute Gasteiger partial charge is 0.312 e. The van der Waals surface area contributed by atoms with Crippen molar-refractivity contribution in [1.29, 1.82) is 0 Å². The Morgan fingerprint density at radius 2 is 1.91 bits per heavy atom. The van der Waals surface area contributed by atoms with Gasteiger partial charge in [-0.2, -0.15) is 0 Å². The minimum atomic E-state index is -0.638. The number of nitro groups is 1. The van der Waals surface area contributed by atoms with Gasteiger partial charge in [0.05, 0.1) is 4.92 Å². The maximum atomic E-state index is 10.8. The molecule has 0 unspecified atom stereocenters. The molecule has 3 N–H and O–H groups in total. The Balaban J connectivity index is 2.77. The molecule has 0 saturated carbocycles.